The van der Waals surface area contributed by atoms with Gasteiger partial charge in [-0.05, 0) is 5.56 Å². The van der Waals surface area contributed by atoms with Gasteiger partial charge in [-0.2, -0.15) is 0 Å². The second kappa shape index (κ2) is 10.4. The quantitative estimate of drug-likeness (QED) is 0.698. The molecule has 0 spiro atoms. The second-order valence-corrected chi connectivity index (χ2v) is 5.48. The smallest absolute Gasteiger partial charge is 0.328 e. The number of hydrogen-bond donors (Lipinski definition) is 3. The average molecular weight is 338 g/mol. The number of carboxylic acid groups (broad SMARTS) is 2. The largest absolute Gasteiger partial charge is 0.478 e. The maximum atomic E-state index is 9.55. The van der Waals surface area contributed by atoms with E-state index in [1.54, 1.807) is 11.8 Å². The Labute approximate surface area is 137 Å². The van der Waals surface area contributed by atoms with Crippen LogP contribution in [0.3, 0.4) is 0 Å². The van der Waals surface area contributed by atoms with Gasteiger partial charge >= 0.3 is 11.9 Å². The van der Waals surface area contributed by atoms with E-state index in [1.165, 1.54) is 5.56 Å². The van der Waals surface area contributed by atoms with Crippen LogP contribution in [0.1, 0.15) is 12.0 Å². The van der Waals surface area contributed by atoms with E-state index in [4.69, 9.17) is 20.7 Å². The summed E-state index contributed by atoms with van der Waals surface area (Å²) >= 11 is 1.59. The number of carbonyl (C=O) groups is 2. The zero-order chi connectivity index (χ0) is 17.1. The molecule has 1 aromatic carbocycles. The molecule has 8 heteroatoms. The molecule has 0 saturated carbocycles. The van der Waals surface area contributed by atoms with Crippen molar-refractivity contribution in [1.29, 1.82) is 0 Å². The standard InChI is InChI=1S/C11H14N2OS.C4H4O4/c12-11-13-10(6-7-15-11)14-8-9-4-2-1-3-5-9;5-3(6)1-2-4(7)8/h1-5,10H,6-8H2,(H2,12,13);1-2H,(H,5,6)(H,7,8)/b;2-1+. The first-order chi connectivity index (χ1) is 11.0. The predicted molar refractivity (Wildman–Crippen MR) is 88.1 cm³/mol. The van der Waals surface area contributed by atoms with Crippen LogP contribution in [-0.2, 0) is 20.9 Å². The summed E-state index contributed by atoms with van der Waals surface area (Å²) in [6.07, 6.45) is 1.99. The number of benzene rings is 1. The number of nitrogens with zero attached hydrogens (tertiary/aromatic N) is 1. The molecule has 23 heavy (non-hydrogen) atoms. The van der Waals surface area contributed by atoms with E-state index in [0.717, 1.165) is 12.2 Å². The highest BCUT2D eigenvalue weighted by molar-refractivity contribution is 8.13. The summed E-state index contributed by atoms with van der Waals surface area (Å²) in [6.45, 7) is 0.604. The summed E-state index contributed by atoms with van der Waals surface area (Å²) in [4.78, 5) is 23.3. The van der Waals surface area contributed by atoms with E-state index in [-0.39, 0.29) is 6.23 Å². The molecule has 7 nitrogen and oxygen atoms in total. The topological polar surface area (TPSA) is 122 Å². The Morgan fingerprint density at radius 2 is 1.87 bits per heavy atom. The average Bonchev–Trinajstić information content (AvgIpc) is 2.53. The number of nitrogens with two attached hydrogens (primary N) is 1. The van der Waals surface area contributed by atoms with Crippen molar-refractivity contribution in [1.82, 2.24) is 0 Å². The number of rotatable bonds is 5. The Balaban J connectivity index is 0.000000284. The van der Waals surface area contributed by atoms with Crippen LogP contribution in [0.5, 0.6) is 0 Å². The first kappa shape index (κ1) is 18.7. The highest BCUT2D eigenvalue weighted by Gasteiger charge is 2.13. The van der Waals surface area contributed by atoms with E-state index < -0.39 is 11.9 Å². The van der Waals surface area contributed by atoms with Crippen LogP contribution in [0.2, 0.25) is 0 Å². The lowest BCUT2D eigenvalue weighted by atomic mass is 10.2. The van der Waals surface area contributed by atoms with Gasteiger partial charge in [0, 0.05) is 24.3 Å². The fraction of sp³-hybridized carbons (Fsp3) is 0.267. The third-order valence-corrected chi connectivity index (χ3v) is 3.38. The molecule has 1 aliphatic rings. The van der Waals surface area contributed by atoms with Gasteiger partial charge in [0.05, 0.1) is 6.61 Å². The lowest BCUT2D eigenvalue weighted by molar-refractivity contribution is -0.134. The summed E-state index contributed by atoms with van der Waals surface area (Å²) in [5.41, 5.74) is 6.80. The van der Waals surface area contributed by atoms with Crippen molar-refractivity contribution in [2.75, 3.05) is 5.75 Å². The zero-order valence-corrected chi connectivity index (χ0v) is 13.1. The van der Waals surface area contributed by atoms with Gasteiger partial charge in [0.1, 0.15) is 0 Å². The Bertz CT molecular complexity index is 558. The maximum absolute atomic E-state index is 9.55. The minimum absolute atomic E-state index is 0.0635. The Kier molecular flexibility index (Phi) is 8.48. The number of ether oxygens (including phenoxy) is 1. The zero-order valence-electron chi connectivity index (χ0n) is 12.3. The van der Waals surface area contributed by atoms with E-state index >= 15 is 0 Å². The van der Waals surface area contributed by atoms with Gasteiger partial charge in [-0.1, -0.05) is 42.1 Å². The number of aliphatic imine (C=N–C) groups is 1. The van der Waals surface area contributed by atoms with Gasteiger partial charge < -0.3 is 20.7 Å². The molecule has 0 fully saturated rings. The molecule has 1 aliphatic heterocycles. The number of amidine groups is 1. The lowest BCUT2D eigenvalue weighted by Crippen LogP contribution is -2.22. The highest BCUT2D eigenvalue weighted by Crippen LogP contribution is 2.17. The number of aliphatic carboxylic acids is 2. The van der Waals surface area contributed by atoms with Crippen molar-refractivity contribution in [3.05, 3.63) is 48.0 Å². The van der Waals surface area contributed by atoms with E-state index in [1.807, 2.05) is 30.3 Å². The molecule has 4 N–H and O–H groups in total. The van der Waals surface area contributed by atoms with Gasteiger partial charge in [-0.3, -0.25) is 0 Å². The minimum Gasteiger partial charge on any atom is -0.478 e. The summed E-state index contributed by atoms with van der Waals surface area (Å²) in [5, 5.41) is 16.3. The maximum Gasteiger partial charge on any atom is 0.328 e. The fourth-order valence-electron chi connectivity index (χ4n) is 1.54. The molecule has 0 saturated heterocycles. The molecule has 1 atom stereocenters. The first-order valence-corrected chi connectivity index (χ1v) is 7.71. The Morgan fingerprint density at radius 1 is 1.26 bits per heavy atom. The first-order valence-electron chi connectivity index (χ1n) is 6.73. The SMILES string of the molecule is NC1=NC(OCc2ccccc2)CCS1.O=C(O)/C=C/C(=O)O. The number of carboxylic acids is 2. The number of thioether (sulfide) groups is 1. The van der Waals surface area contributed by atoms with Crippen LogP contribution >= 0.6 is 11.8 Å². The normalized spacial score (nSPS) is 17.0. The van der Waals surface area contributed by atoms with E-state index in [9.17, 15) is 9.59 Å². The summed E-state index contributed by atoms with van der Waals surface area (Å²) in [7, 11) is 0. The molecule has 0 aliphatic carbocycles. The summed E-state index contributed by atoms with van der Waals surface area (Å²) in [6, 6.07) is 10.1. The summed E-state index contributed by atoms with van der Waals surface area (Å²) in [5.74, 6) is -1.52. The van der Waals surface area contributed by atoms with Crippen LogP contribution < -0.4 is 5.73 Å². The van der Waals surface area contributed by atoms with E-state index in [0.29, 0.717) is 23.9 Å². The van der Waals surface area contributed by atoms with Gasteiger partial charge in [0.25, 0.3) is 0 Å². The monoisotopic (exact) mass is 338 g/mol. The van der Waals surface area contributed by atoms with Gasteiger partial charge in [0.2, 0.25) is 0 Å². The molecule has 1 aromatic rings. The van der Waals surface area contributed by atoms with Crippen molar-refractivity contribution in [2.24, 2.45) is 10.7 Å². The molecule has 1 heterocycles. The van der Waals surface area contributed by atoms with Gasteiger partial charge in [0.15, 0.2) is 11.4 Å². The molecule has 1 unspecified atom stereocenters. The van der Waals surface area contributed by atoms with Crippen molar-refractivity contribution in [2.45, 2.75) is 19.3 Å². The van der Waals surface area contributed by atoms with Gasteiger partial charge in [-0.15, -0.1) is 0 Å². The Hall–Kier alpha value is -2.32. The lowest BCUT2D eigenvalue weighted by Gasteiger charge is -2.18. The van der Waals surface area contributed by atoms with Crippen LogP contribution in [0.4, 0.5) is 0 Å². The molecule has 0 bridgehead atoms. The fourth-order valence-corrected chi connectivity index (χ4v) is 2.26. The van der Waals surface area contributed by atoms with Crippen LogP contribution in [-0.4, -0.2) is 39.3 Å². The predicted octanol–water partition coefficient (Wildman–Crippen LogP) is 1.69. The van der Waals surface area contributed by atoms with Crippen LogP contribution in [0, 0.1) is 0 Å². The third-order valence-electron chi connectivity index (χ3n) is 2.54. The summed E-state index contributed by atoms with van der Waals surface area (Å²) < 4.78 is 5.66. The van der Waals surface area contributed by atoms with Crippen molar-refractivity contribution in [3.63, 3.8) is 0 Å². The molecule has 124 valence electrons. The Morgan fingerprint density at radius 3 is 2.39 bits per heavy atom. The van der Waals surface area contributed by atoms with Crippen LogP contribution in [0.15, 0.2) is 47.5 Å². The van der Waals surface area contributed by atoms with Crippen molar-refractivity contribution < 1.29 is 24.5 Å². The third kappa shape index (κ3) is 9.33. The molecular weight excluding hydrogens is 320 g/mol. The van der Waals surface area contributed by atoms with Crippen molar-refractivity contribution in [3.8, 4) is 0 Å². The second-order valence-electron chi connectivity index (χ2n) is 4.37. The van der Waals surface area contributed by atoms with Crippen LogP contribution in [0.25, 0.3) is 0 Å². The molecule has 0 radical (unpaired) electrons. The van der Waals surface area contributed by atoms with E-state index in [2.05, 4.69) is 4.99 Å². The van der Waals surface area contributed by atoms with Gasteiger partial charge in [-0.25, -0.2) is 14.6 Å². The van der Waals surface area contributed by atoms with Crippen molar-refractivity contribution >= 4 is 28.9 Å². The molecule has 2 rings (SSSR count). The minimum atomic E-state index is -1.26. The number of hydrogen-bond acceptors (Lipinski definition) is 6. The molecular formula is C15H18N2O5S. The highest BCUT2D eigenvalue weighted by atomic mass is 32.2. The molecule has 0 aromatic heterocycles. The molecule has 0 amide bonds.